The number of benzene rings is 2. The van der Waals surface area contributed by atoms with Gasteiger partial charge < -0.3 is 5.32 Å². The smallest absolute Gasteiger partial charge is 0.365 e. The van der Waals surface area contributed by atoms with Crippen LogP contribution in [0, 0.1) is 0 Å². The third kappa shape index (κ3) is 5.19. The average molecular weight is 448 g/mol. The molecule has 0 aliphatic rings. The minimum Gasteiger partial charge on any atom is -0.365 e. The molecular formula is C26H23F3N4. The van der Waals surface area contributed by atoms with Gasteiger partial charge in [0.05, 0.1) is 5.69 Å². The van der Waals surface area contributed by atoms with Crippen LogP contribution in [0.2, 0.25) is 0 Å². The fourth-order valence-electron chi connectivity index (χ4n) is 3.57. The highest BCUT2D eigenvalue weighted by Crippen LogP contribution is 2.35. The summed E-state index contributed by atoms with van der Waals surface area (Å²) in [6, 6.07) is 20.7. The molecule has 0 fully saturated rings. The van der Waals surface area contributed by atoms with Crippen molar-refractivity contribution in [2.75, 3.05) is 5.32 Å². The van der Waals surface area contributed by atoms with E-state index in [1.165, 1.54) is 0 Å². The van der Waals surface area contributed by atoms with E-state index in [9.17, 15) is 13.2 Å². The van der Waals surface area contributed by atoms with Gasteiger partial charge in [0.15, 0.2) is 5.82 Å². The molecule has 4 nitrogen and oxygen atoms in total. The number of nitrogens with zero attached hydrogens (tertiary/aromatic N) is 3. The SMILES string of the molecule is CC(C)c1ccccc1-c1ncc(C(F)(F)F)c(NCc2ccc(-c3ccccn3)cc2)n1. The summed E-state index contributed by atoms with van der Waals surface area (Å²) in [6.07, 6.45) is -2.00. The van der Waals surface area contributed by atoms with Crippen molar-refractivity contribution in [3.05, 3.63) is 95.8 Å². The van der Waals surface area contributed by atoms with Gasteiger partial charge >= 0.3 is 6.18 Å². The second kappa shape index (κ2) is 9.40. The summed E-state index contributed by atoms with van der Waals surface area (Å²) in [5, 5.41) is 2.87. The topological polar surface area (TPSA) is 50.7 Å². The largest absolute Gasteiger partial charge is 0.421 e. The van der Waals surface area contributed by atoms with Gasteiger partial charge in [-0.2, -0.15) is 13.2 Å². The Bertz CT molecular complexity index is 1220. The van der Waals surface area contributed by atoms with E-state index in [-0.39, 0.29) is 24.1 Å². The first-order chi connectivity index (χ1) is 15.8. The van der Waals surface area contributed by atoms with E-state index in [2.05, 4.69) is 20.3 Å². The number of alkyl halides is 3. The van der Waals surface area contributed by atoms with Crippen LogP contribution in [0.15, 0.2) is 79.1 Å². The molecule has 0 saturated carbocycles. The standard InChI is InChI=1S/C26H23F3N4/c1-17(2)20-7-3-4-8-21(20)24-32-16-22(26(27,28)29)25(33-24)31-15-18-10-12-19(13-11-18)23-9-5-6-14-30-23/h3-14,16-17H,15H2,1-2H3,(H,31,32,33). The van der Waals surface area contributed by atoms with Crippen molar-refractivity contribution in [1.29, 1.82) is 0 Å². The molecule has 4 aromatic rings. The Morgan fingerprint density at radius 3 is 2.27 bits per heavy atom. The predicted molar refractivity (Wildman–Crippen MR) is 124 cm³/mol. The van der Waals surface area contributed by atoms with Gasteiger partial charge in [0.25, 0.3) is 0 Å². The quantitative estimate of drug-likeness (QED) is 0.346. The molecule has 2 aromatic heterocycles. The van der Waals surface area contributed by atoms with E-state index >= 15 is 0 Å². The monoisotopic (exact) mass is 448 g/mol. The molecule has 0 bridgehead atoms. The maximum Gasteiger partial charge on any atom is 0.421 e. The lowest BCUT2D eigenvalue weighted by Gasteiger charge is -2.16. The summed E-state index contributed by atoms with van der Waals surface area (Å²) in [4.78, 5) is 12.6. The Hall–Kier alpha value is -3.74. The molecule has 0 amide bonds. The van der Waals surface area contributed by atoms with Gasteiger partial charge in [-0.3, -0.25) is 4.98 Å². The van der Waals surface area contributed by atoms with Crippen molar-refractivity contribution in [2.45, 2.75) is 32.5 Å². The molecule has 0 atom stereocenters. The lowest BCUT2D eigenvalue weighted by molar-refractivity contribution is -0.137. The zero-order valence-electron chi connectivity index (χ0n) is 18.3. The first kappa shape index (κ1) is 22.5. The first-order valence-corrected chi connectivity index (χ1v) is 10.6. The highest BCUT2D eigenvalue weighted by molar-refractivity contribution is 5.64. The molecule has 0 saturated heterocycles. The number of rotatable bonds is 6. The predicted octanol–water partition coefficient (Wildman–Crippen LogP) is 6.96. The second-order valence-electron chi connectivity index (χ2n) is 7.96. The summed E-state index contributed by atoms with van der Waals surface area (Å²) >= 11 is 0. The van der Waals surface area contributed by atoms with Crippen LogP contribution in [-0.4, -0.2) is 15.0 Å². The normalized spacial score (nSPS) is 11.6. The lowest BCUT2D eigenvalue weighted by Crippen LogP contribution is -2.14. The van der Waals surface area contributed by atoms with Crippen molar-refractivity contribution in [3.8, 4) is 22.6 Å². The van der Waals surface area contributed by atoms with E-state index in [1.807, 2.05) is 80.6 Å². The summed E-state index contributed by atoms with van der Waals surface area (Å²) in [5.74, 6) is 0.210. The van der Waals surface area contributed by atoms with Crippen LogP contribution in [0.25, 0.3) is 22.6 Å². The first-order valence-electron chi connectivity index (χ1n) is 10.6. The molecule has 2 heterocycles. The van der Waals surface area contributed by atoms with Gasteiger partial charge in [0.1, 0.15) is 11.4 Å². The molecule has 0 radical (unpaired) electrons. The van der Waals surface area contributed by atoms with Gasteiger partial charge in [0.2, 0.25) is 0 Å². The average Bonchev–Trinajstić information content (AvgIpc) is 2.83. The zero-order valence-corrected chi connectivity index (χ0v) is 18.3. The summed E-state index contributed by atoms with van der Waals surface area (Å²) in [6.45, 7) is 4.24. The molecule has 0 aliphatic heterocycles. The summed E-state index contributed by atoms with van der Waals surface area (Å²) in [7, 11) is 0. The Kier molecular flexibility index (Phi) is 6.40. The van der Waals surface area contributed by atoms with Gasteiger partial charge in [-0.1, -0.05) is 68.4 Å². The van der Waals surface area contributed by atoms with Crippen LogP contribution in [0.3, 0.4) is 0 Å². The fourth-order valence-corrected chi connectivity index (χ4v) is 3.57. The highest BCUT2D eigenvalue weighted by Gasteiger charge is 2.35. The minimum absolute atomic E-state index is 0.182. The van der Waals surface area contributed by atoms with Crippen LogP contribution in [0.1, 0.15) is 36.5 Å². The Morgan fingerprint density at radius 1 is 0.879 bits per heavy atom. The van der Waals surface area contributed by atoms with Gasteiger partial charge in [-0.05, 0) is 29.2 Å². The van der Waals surface area contributed by atoms with Gasteiger partial charge in [-0.15, -0.1) is 0 Å². The molecule has 7 heteroatoms. The minimum atomic E-state index is -4.57. The molecule has 2 aromatic carbocycles. The van der Waals surface area contributed by atoms with E-state index in [0.29, 0.717) is 0 Å². The van der Waals surface area contributed by atoms with Crippen molar-refractivity contribution < 1.29 is 13.2 Å². The van der Waals surface area contributed by atoms with Gasteiger partial charge in [0, 0.05) is 30.1 Å². The van der Waals surface area contributed by atoms with Crippen LogP contribution in [0.4, 0.5) is 19.0 Å². The molecule has 0 unspecified atom stereocenters. The maximum atomic E-state index is 13.6. The van der Waals surface area contributed by atoms with Crippen molar-refractivity contribution >= 4 is 5.82 Å². The molecule has 4 rings (SSSR count). The maximum absolute atomic E-state index is 13.6. The number of aromatic nitrogens is 3. The summed E-state index contributed by atoms with van der Waals surface area (Å²) in [5.41, 5.74) is 3.41. The number of anilines is 1. The third-order valence-corrected chi connectivity index (χ3v) is 5.29. The molecular weight excluding hydrogens is 425 g/mol. The Balaban J connectivity index is 1.62. The number of hydrogen-bond donors (Lipinski definition) is 1. The van der Waals surface area contributed by atoms with E-state index in [1.54, 1.807) is 6.20 Å². The number of hydrogen-bond acceptors (Lipinski definition) is 4. The summed E-state index contributed by atoms with van der Waals surface area (Å²) < 4.78 is 40.9. The van der Waals surface area contributed by atoms with Crippen LogP contribution < -0.4 is 5.32 Å². The Morgan fingerprint density at radius 2 is 1.61 bits per heavy atom. The highest BCUT2D eigenvalue weighted by atomic mass is 19.4. The third-order valence-electron chi connectivity index (χ3n) is 5.29. The van der Waals surface area contributed by atoms with Crippen LogP contribution in [-0.2, 0) is 12.7 Å². The molecule has 0 spiro atoms. The number of pyridine rings is 1. The van der Waals surface area contributed by atoms with E-state index in [0.717, 1.165) is 34.1 Å². The Labute approximate surface area is 190 Å². The van der Waals surface area contributed by atoms with E-state index in [4.69, 9.17) is 0 Å². The van der Waals surface area contributed by atoms with E-state index < -0.39 is 11.7 Å². The number of halogens is 3. The van der Waals surface area contributed by atoms with Crippen molar-refractivity contribution in [1.82, 2.24) is 15.0 Å². The molecule has 0 aliphatic carbocycles. The number of nitrogens with one attached hydrogen (secondary N) is 1. The van der Waals surface area contributed by atoms with Crippen molar-refractivity contribution in [3.63, 3.8) is 0 Å². The fraction of sp³-hybridized carbons (Fsp3) is 0.192. The molecule has 1 N–H and O–H groups in total. The molecule has 168 valence electrons. The zero-order chi connectivity index (χ0) is 23.4. The lowest BCUT2D eigenvalue weighted by atomic mass is 9.97. The van der Waals surface area contributed by atoms with Gasteiger partial charge in [-0.25, -0.2) is 9.97 Å². The second-order valence-corrected chi connectivity index (χ2v) is 7.96. The van der Waals surface area contributed by atoms with Crippen LogP contribution in [0.5, 0.6) is 0 Å². The van der Waals surface area contributed by atoms with Crippen molar-refractivity contribution in [2.24, 2.45) is 0 Å². The van der Waals surface area contributed by atoms with Crippen LogP contribution >= 0.6 is 0 Å². The molecule has 33 heavy (non-hydrogen) atoms.